The summed E-state index contributed by atoms with van der Waals surface area (Å²) in [5, 5.41) is 70.3. The maximum Gasteiger partial charge on any atom is 0.229 e. The van der Waals surface area contributed by atoms with Crippen molar-refractivity contribution in [2.45, 2.75) is 61.2 Å². The Morgan fingerprint density at radius 2 is 1.74 bits per heavy atom. The van der Waals surface area contributed by atoms with Crippen LogP contribution >= 0.6 is 0 Å². The van der Waals surface area contributed by atoms with E-state index >= 15 is 0 Å². The van der Waals surface area contributed by atoms with Gasteiger partial charge in [0.2, 0.25) is 6.29 Å². The molecule has 0 saturated carbocycles. The molecule has 0 aliphatic carbocycles. The Labute approximate surface area is 222 Å². The third-order valence-corrected chi connectivity index (χ3v) is 7.11. The Balaban J connectivity index is 1.31. The quantitative estimate of drug-likeness (QED) is 0.215. The first-order valence-corrected chi connectivity index (χ1v) is 12.3. The SMILES string of the molecule is O=C1CC(c2ccc(OC3OC(CO)C(O)C(O)C3OC3OCC(O)(CO)C3O)cc2)Oc2cc(O)ccc21. The topological polar surface area (TPSA) is 205 Å². The molecule has 13 heteroatoms. The molecular formula is C26H30O13. The summed E-state index contributed by atoms with van der Waals surface area (Å²) in [6.07, 6.45) is -10.9. The number of carbonyl (C=O) groups is 1. The molecule has 9 atom stereocenters. The second-order valence-corrected chi connectivity index (χ2v) is 9.79. The Morgan fingerprint density at radius 3 is 2.41 bits per heavy atom. The Hall–Kier alpha value is -2.85. The van der Waals surface area contributed by atoms with E-state index in [4.69, 9.17) is 23.7 Å². The fourth-order valence-electron chi connectivity index (χ4n) is 4.75. The van der Waals surface area contributed by atoms with Crippen molar-refractivity contribution in [3.8, 4) is 17.2 Å². The molecular weight excluding hydrogens is 520 g/mol. The Bertz CT molecular complexity index is 1170. The molecule has 9 unspecified atom stereocenters. The summed E-state index contributed by atoms with van der Waals surface area (Å²) in [4.78, 5) is 12.5. The van der Waals surface area contributed by atoms with Gasteiger partial charge in [0, 0.05) is 6.07 Å². The number of fused-ring (bicyclic) bond motifs is 1. The maximum absolute atomic E-state index is 12.5. The summed E-state index contributed by atoms with van der Waals surface area (Å²) >= 11 is 0. The lowest BCUT2D eigenvalue weighted by molar-refractivity contribution is -0.318. The van der Waals surface area contributed by atoms with Gasteiger partial charge in [-0.1, -0.05) is 12.1 Å². The van der Waals surface area contributed by atoms with Crippen LogP contribution in [0.25, 0.3) is 0 Å². The number of Topliss-reactive ketones (excluding diaryl/α,β-unsaturated/α-hetero) is 1. The van der Waals surface area contributed by atoms with Crippen LogP contribution in [0, 0.1) is 0 Å². The molecule has 2 aromatic rings. The summed E-state index contributed by atoms with van der Waals surface area (Å²) in [6, 6.07) is 10.7. The minimum absolute atomic E-state index is 0.0275. The molecule has 0 amide bonds. The second-order valence-electron chi connectivity index (χ2n) is 9.79. The van der Waals surface area contributed by atoms with E-state index in [-0.39, 0.29) is 29.5 Å². The van der Waals surface area contributed by atoms with Gasteiger partial charge in [-0.25, -0.2) is 0 Å². The molecule has 0 spiro atoms. The molecule has 3 aliphatic heterocycles. The van der Waals surface area contributed by atoms with E-state index in [1.807, 2.05) is 0 Å². The molecule has 2 fully saturated rings. The fourth-order valence-corrected chi connectivity index (χ4v) is 4.75. The predicted molar refractivity (Wildman–Crippen MR) is 128 cm³/mol. The van der Waals surface area contributed by atoms with Gasteiger partial charge in [-0.05, 0) is 29.8 Å². The number of carbonyl (C=O) groups excluding carboxylic acids is 1. The molecule has 2 saturated heterocycles. The number of phenols is 1. The van der Waals surface area contributed by atoms with Gasteiger partial charge < -0.3 is 59.4 Å². The highest BCUT2D eigenvalue weighted by Gasteiger charge is 2.53. The fraction of sp³-hybridized carbons (Fsp3) is 0.500. The van der Waals surface area contributed by atoms with E-state index in [0.717, 1.165) is 0 Å². The number of ether oxygens (including phenoxy) is 5. The van der Waals surface area contributed by atoms with E-state index in [1.54, 1.807) is 24.3 Å². The monoisotopic (exact) mass is 550 g/mol. The largest absolute Gasteiger partial charge is 0.508 e. The summed E-state index contributed by atoms with van der Waals surface area (Å²) < 4.78 is 28.3. The van der Waals surface area contributed by atoms with Crippen LogP contribution in [0.3, 0.4) is 0 Å². The first-order valence-electron chi connectivity index (χ1n) is 12.3. The molecule has 13 nitrogen and oxygen atoms in total. The molecule has 7 N–H and O–H groups in total. The van der Waals surface area contributed by atoms with E-state index in [9.17, 15) is 40.5 Å². The van der Waals surface area contributed by atoms with Crippen molar-refractivity contribution in [1.82, 2.24) is 0 Å². The highest BCUT2D eigenvalue weighted by molar-refractivity contribution is 6.00. The molecule has 0 radical (unpaired) electrons. The van der Waals surface area contributed by atoms with Crippen molar-refractivity contribution in [3.05, 3.63) is 53.6 Å². The molecule has 0 bridgehead atoms. The van der Waals surface area contributed by atoms with Gasteiger partial charge in [-0.2, -0.15) is 0 Å². The van der Waals surface area contributed by atoms with Crippen molar-refractivity contribution in [3.63, 3.8) is 0 Å². The van der Waals surface area contributed by atoms with Gasteiger partial charge in [-0.3, -0.25) is 4.79 Å². The van der Waals surface area contributed by atoms with E-state index in [0.29, 0.717) is 11.1 Å². The van der Waals surface area contributed by atoms with Crippen molar-refractivity contribution in [2.75, 3.05) is 19.8 Å². The van der Waals surface area contributed by atoms with Crippen LogP contribution in [0.5, 0.6) is 17.2 Å². The Kier molecular flexibility index (Phi) is 7.79. The highest BCUT2D eigenvalue weighted by atomic mass is 16.8. The standard InChI is InChI=1S/C26H30O13/c27-9-19-20(31)21(32)22(39-25-23(33)26(34,10-28)11-35-25)24(38-19)36-14-4-1-12(2-5-14)17-8-16(30)15-6-3-13(29)7-18(15)37-17/h1-7,17,19-25,27-29,31-34H,8-11H2. The molecule has 3 heterocycles. The van der Waals surface area contributed by atoms with E-state index < -0.39 is 74.6 Å². The van der Waals surface area contributed by atoms with Gasteiger partial charge in [-0.15, -0.1) is 0 Å². The summed E-state index contributed by atoms with van der Waals surface area (Å²) in [5.74, 6) is 0.348. The minimum Gasteiger partial charge on any atom is -0.508 e. The molecule has 0 aromatic heterocycles. The van der Waals surface area contributed by atoms with Gasteiger partial charge in [0.25, 0.3) is 0 Å². The molecule has 2 aromatic carbocycles. The number of aromatic hydroxyl groups is 1. The van der Waals surface area contributed by atoms with Crippen molar-refractivity contribution < 1.29 is 64.2 Å². The van der Waals surface area contributed by atoms with E-state index in [2.05, 4.69) is 0 Å². The van der Waals surface area contributed by atoms with Gasteiger partial charge in [0.1, 0.15) is 53.4 Å². The number of hydrogen-bond acceptors (Lipinski definition) is 13. The number of ketones is 1. The van der Waals surface area contributed by atoms with Crippen LogP contribution in [0.2, 0.25) is 0 Å². The summed E-state index contributed by atoms with van der Waals surface area (Å²) in [6.45, 7) is -1.88. The average Bonchev–Trinajstić information content (AvgIpc) is 3.21. The number of aliphatic hydroxyl groups is 6. The predicted octanol–water partition coefficient (Wildman–Crippen LogP) is -1.26. The number of hydrogen-bond donors (Lipinski definition) is 7. The number of rotatable bonds is 7. The van der Waals surface area contributed by atoms with Crippen molar-refractivity contribution >= 4 is 5.78 Å². The number of aliphatic hydroxyl groups excluding tert-OH is 5. The first kappa shape index (κ1) is 27.7. The Morgan fingerprint density at radius 1 is 1.00 bits per heavy atom. The van der Waals surface area contributed by atoms with Crippen LogP contribution in [0.15, 0.2) is 42.5 Å². The van der Waals surface area contributed by atoms with Crippen LogP contribution < -0.4 is 9.47 Å². The van der Waals surface area contributed by atoms with Crippen molar-refractivity contribution in [1.29, 1.82) is 0 Å². The van der Waals surface area contributed by atoms with Crippen LogP contribution in [0.4, 0.5) is 0 Å². The third kappa shape index (κ3) is 5.33. The molecule has 212 valence electrons. The zero-order chi connectivity index (χ0) is 27.9. The number of phenolic OH excluding ortho intramolecular Hbond substituents is 1. The maximum atomic E-state index is 12.5. The summed E-state index contributed by atoms with van der Waals surface area (Å²) in [5.41, 5.74) is -0.945. The van der Waals surface area contributed by atoms with Crippen LogP contribution in [-0.2, 0) is 14.2 Å². The molecule has 3 aliphatic rings. The normalized spacial score (nSPS) is 36.3. The molecule has 5 rings (SSSR count). The zero-order valence-corrected chi connectivity index (χ0v) is 20.6. The first-order chi connectivity index (χ1) is 18.6. The number of benzene rings is 2. The van der Waals surface area contributed by atoms with E-state index in [1.165, 1.54) is 18.2 Å². The zero-order valence-electron chi connectivity index (χ0n) is 20.6. The smallest absolute Gasteiger partial charge is 0.229 e. The minimum atomic E-state index is -1.98. The lowest BCUT2D eigenvalue weighted by Gasteiger charge is -2.42. The van der Waals surface area contributed by atoms with Gasteiger partial charge >= 0.3 is 0 Å². The lowest BCUT2D eigenvalue weighted by atomic mass is 9.96. The lowest BCUT2D eigenvalue weighted by Crippen LogP contribution is -2.62. The van der Waals surface area contributed by atoms with Crippen molar-refractivity contribution in [2.24, 2.45) is 0 Å². The van der Waals surface area contributed by atoms with Crippen LogP contribution in [-0.4, -0.2) is 110 Å². The van der Waals surface area contributed by atoms with Gasteiger partial charge in [0.05, 0.1) is 31.8 Å². The van der Waals surface area contributed by atoms with Crippen LogP contribution in [0.1, 0.15) is 28.4 Å². The third-order valence-electron chi connectivity index (χ3n) is 7.11. The summed E-state index contributed by atoms with van der Waals surface area (Å²) in [7, 11) is 0. The molecule has 39 heavy (non-hydrogen) atoms. The average molecular weight is 551 g/mol. The second kappa shape index (κ2) is 11.0. The highest BCUT2D eigenvalue weighted by Crippen LogP contribution is 2.38. The van der Waals surface area contributed by atoms with Gasteiger partial charge in [0.15, 0.2) is 18.2 Å².